The van der Waals surface area contributed by atoms with E-state index in [1.165, 1.54) is 89.9 Å². The summed E-state index contributed by atoms with van der Waals surface area (Å²) in [4.78, 5) is 10.5. The third kappa shape index (κ3) is 16.6. The summed E-state index contributed by atoms with van der Waals surface area (Å²) >= 11 is 0. The van der Waals surface area contributed by atoms with Gasteiger partial charge in [0.05, 0.1) is 35.6 Å². The minimum Gasteiger partial charge on any atom is -0.490 e. The first-order valence-corrected chi connectivity index (χ1v) is 22.8. The van der Waals surface area contributed by atoms with Crippen LogP contribution in [0, 0.1) is 35.5 Å². The maximum atomic E-state index is 6.56. The van der Waals surface area contributed by atoms with E-state index < -0.39 is 0 Å². The lowest BCUT2D eigenvalue weighted by molar-refractivity contribution is 0.249. The van der Waals surface area contributed by atoms with E-state index in [9.17, 15) is 0 Å². The van der Waals surface area contributed by atoms with Gasteiger partial charge < -0.3 is 9.47 Å². The van der Waals surface area contributed by atoms with Crippen LogP contribution in [-0.2, 0) is 0 Å². The molecule has 0 radical (unpaired) electrons. The molecule has 4 heteroatoms. The molecule has 56 heavy (non-hydrogen) atoms. The molecule has 4 atom stereocenters. The molecule has 0 saturated heterocycles. The molecule has 0 saturated carbocycles. The fourth-order valence-electron chi connectivity index (χ4n) is 8.07. The van der Waals surface area contributed by atoms with Gasteiger partial charge in [-0.2, -0.15) is 0 Å². The van der Waals surface area contributed by atoms with E-state index in [0.717, 1.165) is 81.6 Å². The molecule has 4 nitrogen and oxygen atoms in total. The van der Waals surface area contributed by atoms with E-state index in [0.29, 0.717) is 25.0 Å². The zero-order valence-electron chi connectivity index (χ0n) is 36.8. The maximum absolute atomic E-state index is 6.56. The van der Waals surface area contributed by atoms with Gasteiger partial charge in [-0.15, -0.1) is 0 Å². The Hall–Kier alpha value is -3.40. The lowest BCUT2D eigenvalue weighted by atomic mass is 9.92. The quantitative estimate of drug-likeness (QED) is 0.0541. The van der Waals surface area contributed by atoms with Crippen molar-refractivity contribution >= 4 is 11.0 Å². The van der Waals surface area contributed by atoms with Crippen LogP contribution in [0.2, 0.25) is 0 Å². The van der Waals surface area contributed by atoms with Gasteiger partial charge >= 0.3 is 0 Å². The van der Waals surface area contributed by atoms with Crippen molar-refractivity contribution in [1.82, 2.24) is 9.97 Å². The molecule has 0 aliphatic carbocycles. The van der Waals surface area contributed by atoms with Crippen LogP contribution >= 0.6 is 0 Å². The van der Waals surface area contributed by atoms with Crippen LogP contribution in [0.1, 0.15) is 158 Å². The Bertz CT molecular complexity index is 1510. The SMILES string of the molecule is CC(C)CCCC(C)CCCC(C)CCCOc1cc2nc(-c3ccccc3)c(-c3ccccc3)nc2cc1OCCCC(C)CCCC(C)CCCC(C)C. The Morgan fingerprint density at radius 1 is 0.393 bits per heavy atom. The molecule has 3 aromatic carbocycles. The topological polar surface area (TPSA) is 44.2 Å². The monoisotopic (exact) mass is 763 g/mol. The molecule has 308 valence electrons. The normalized spacial score (nSPS) is 14.0. The number of nitrogens with zero attached hydrogens (tertiary/aromatic N) is 2. The smallest absolute Gasteiger partial charge is 0.163 e. The lowest BCUT2D eigenvalue weighted by Crippen LogP contribution is -2.06. The average molecular weight is 763 g/mol. The van der Waals surface area contributed by atoms with Crippen molar-refractivity contribution in [3.05, 3.63) is 72.8 Å². The number of hydrogen-bond donors (Lipinski definition) is 0. The molecule has 0 N–H and O–H groups in total. The Morgan fingerprint density at radius 2 is 0.696 bits per heavy atom. The summed E-state index contributed by atoms with van der Waals surface area (Å²) in [7, 11) is 0. The van der Waals surface area contributed by atoms with Crippen LogP contribution in [0.25, 0.3) is 33.5 Å². The van der Waals surface area contributed by atoms with Gasteiger partial charge in [0.2, 0.25) is 0 Å². The van der Waals surface area contributed by atoms with Crippen molar-refractivity contribution in [1.29, 1.82) is 0 Å². The highest BCUT2D eigenvalue weighted by molar-refractivity contribution is 5.88. The Balaban J connectivity index is 1.39. The number of rotatable bonds is 28. The average Bonchev–Trinajstić information content (AvgIpc) is 3.18. The standard InChI is InChI=1S/C52H78N2O2/c1-39(2)21-15-23-41(5)25-17-27-43(7)29-19-35-55-49-37-47-48(54-52(46-33-13-10-14-34-46)51(53-47)45-31-11-9-12-32-45)38-50(49)56-36-20-30-44(8)28-18-26-42(6)24-16-22-40(3)4/h9-14,31-34,37-44H,15-30,35-36H2,1-8H3. The van der Waals surface area contributed by atoms with Gasteiger partial charge in [-0.1, -0.05) is 193 Å². The zero-order chi connectivity index (χ0) is 40.1. The molecular weight excluding hydrogens is 685 g/mol. The van der Waals surface area contributed by atoms with E-state index >= 15 is 0 Å². The Kier molecular flexibility index (Phi) is 20.3. The molecule has 4 rings (SSSR count). The van der Waals surface area contributed by atoms with E-state index in [1.807, 2.05) is 12.1 Å². The highest BCUT2D eigenvalue weighted by Crippen LogP contribution is 2.36. The molecule has 0 aliphatic heterocycles. The number of hydrogen-bond acceptors (Lipinski definition) is 4. The highest BCUT2D eigenvalue weighted by atomic mass is 16.5. The van der Waals surface area contributed by atoms with Crippen molar-refractivity contribution in [3.63, 3.8) is 0 Å². The summed E-state index contributed by atoms with van der Waals surface area (Å²) in [6.45, 7) is 20.4. The second-order valence-corrected chi connectivity index (χ2v) is 18.4. The van der Waals surface area contributed by atoms with Crippen molar-refractivity contribution < 1.29 is 9.47 Å². The predicted octanol–water partition coefficient (Wildman–Crippen LogP) is 15.8. The summed E-state index contributed by atoms with van der Waals surface area (Å²) in [5, 5.41) is 0. The molecule has 1 heterocycles. The molecular formula is C52H78N2O2. The molecule has 0 aliphatic rings. The summed E-state index contributed by atoms with van der Waals surface area (Å²) in [6.07, 6.45) is 20.6. The van der Waals surface area contributed by atoms with Crippen LogP contribution in [0.15, 0.2) is 72.8 Å². The fourth-order valence-corrected chi connectivity index (χ4v) is 8.07. The lowest BCUT2D eigenvalue weighted by Gasteiger charge is -2.18. The van der Waals surface area contributed by atoms with Crippen molar-refractivity contribution in [2.24, 2.45) is 35.5 Å². The van der Waals surface area contributed by atoms with Gasteiger partial charge in [0.25, 0.3) is 0 Å². The fraction of sp³-hybridized carbons (Fsp3) is 0.615. The molecule has 0 spiro atoms. The van der Waals surface area contributed by atoms with Gasteiger partial charge in [0, 0.05) is 23.3 Å². The third-order valence-corrected chi connectivity index (χ3v) is 11.8. The number of aromatic nitrogens is 2. The number of benzene rings is 3. The van der Waals surface area contributed by atoms with Crippen molar-refractivity contribution in [2.75, 3.05) is 13.2 Å². The summed E-state index contributed by atoms with van der Waals surface area (Å²) < 4.78 is 13.1. The van der Waals surface area contributed by atoms with Gasteiger partial charge in [-0.3, -0.25) is 0 Å². The molecule has 4 aromatic rings. The minimum absolute atomic E-state index is 0.672. The second-order valence-electron chi connectivity index (χ2n) is 18.4. The molecule has 0 fully saturated rings. The zero-order valence-corrected chi connectivity index (χ0v) is 36.8. The Labute approximate surface area is 343 Å². The van der Waals surface area contributed by atoms with E-state index in [-0.39, 0.29) is 0 Å². The van der Waals surface area contributed by atoms with E-state index in [1.54, 1.807) is 0 Å². The van der Waals surface area contributed by atoms with Crippen LogP contribution < -0.4 is 9.47 Å². The summed E-state index contributed by atoms with van der Waals surface area (Å²) in [5.74, 6) is 6.29. The first kappa shape index (κ1) is 45.3. The van der Waals surface area contributed by atoms with E-state index in [4.69, 9.17) is 19.4 Å². The molecule has 0 amide bonds. The first-order valence-electron chi connectivity index (χ1n) is 22.8. The van der Waals surface area contributed by atoms with Gasteiger partial charge in [0.1, 0.15) is 0 Å². The highest BCUT2D eigenvalue weighted by Gasteiger charge is 2.17. The van der Waals surface area contributed by atoms with Gasteiger partial charge in [0.15, 0.2) is 11.5 Å². The van der Waals surface area contributed by atoms with E-state index in [2.05, 4.69) is 116 Å². The summed E-state index contributed by atoms with van der Waals surface area (Å²) in [5.41, 5.74) is 5.52. The number of fused-ring (bicyclic) bond motifs is 1. The number of ether oxygens (including phenoxy) is 2. The first-order chi connectivity index (χ1) is 27.1. The van der Waals surface area contributed by atoms with Gasteiger partial charge in [-0.25, -0.2) is 9.97 Å². The largest absolute Gasteiger partial charge is 0.490 e. The molecule has 1 aromatic heterocycles. The van der Waals surface area contributed by atoms with Crippen LogP contribution in [0.4, 0.5) is 0 Å². The van der Waals surface area contributed by atoms with Crippen LogP contribution in [0.5, 0.6) is 11.5 Å². The van der Waals surface area contributed by atoms with Crippen LogP contribution in [0.3, 0.4) is 0 Å². The van der Waals surface area contributed by atoms with Crippen molar-refractivity contribution in [3.8, 4) is 34.0 Å². The Morgan fingerprint density at radius 3 is 1.02 bits per heavy atom. The second kappa shape index (κ2) is 25.1. The molecule has 4 unspecified atom stereocenters. The predicted molar refractivity (Wildman–Crippen MR) is 242 cm³/mol. The maximum Gasteiger partial charge on any atom is 0.163 e. The molecule has 0 bridgehead atoms. The van der Waals surface area contributed by atoms with Gasteiger partial charge in [-0.05, 0) is 61.2 Å². The van der Waals surface area contributed by atoms with Crippen LogP contribution in [-0.4, -0.2) is 23.2 Å². The minimum atomic E-state index is 0.672. The summed E-state index contributed by atoms with van der Waals surface area (Å²) in [6, 6.07) is 24.9. The van der Waals surface area contributed by atoms with Crippen molar-refractivity contribution in [2.45, 2.75) is 158 Å². The third-order valence-electron chi connectivity index (χ3n) is 11.8.